The summed E-state index contributed by atoms with van der Waals surface area (Å²) in [6.45, 7) is 1.65. The van der Waals surface area contributed by atoms with E-state index in [1.165, 1.54) is 0 Å². The molecule has 4 N–H and O–H groups in total. The number of amides is 3. The second-order valence-corrected chi connectivity index (χ2v) is 4.11. The van der Waals surface area contributed by atoms with Crippen LogP contribution in [0.4, 0.5) is 4.79 Å². The number of benzene rings is 1. The number of likely N-dealkylation sites (N-methyl/N-ethyl adjacent to an activating group) is 1. The van der Waals surface area contributed by atoms with Crippen LogP contribution in [0.25, 0.3) is 0 Å². The van der Waals surface area contributed by atoms with Crippen molar-refractivity contribution in [3.63, 3.8) is 0 Å². The highest BCUT2D eigenvalue weighted by Crippen LogP contribution is 2.13. The van der Waals surface area contributed by atoms with Gasteiger partial charge in [0.25, 0.3) is 0 Å². The largest absolute Gasteiger partial charge is 0.479 e. The number of carboxylic acid groups (broad SMARTS) is 1. The van der Waals surface area contributed by atoms with Crippen LogP contribution in [0.1, 0.15) is 18.5 Å². The van der Waals surface area contributed by atoms with Gasteiger partial charge in [-0.05, 0) is 12.5 Å². The number of aliphatic carboxylic acids is 1. The number of carboxylic acids is 1. The molecule has 0 spiro atoms. The van der Waals surface area contributed by atoms with Crippen LogP contribution < -0.4 is 11.1 Å². The van der Waals surface area contributed by atoms with Crippen LogP contribution in [0.2, 0.25) is 0 Å². The monoisotopic (exact) mass is 279 g/mol. The van der Waals surface area contributed by atoms with E-state index < -0.39 is 23.9 Å². The van der Waals surface area contributed by atoms with Gasteiger partial charge in [-0.2, -0.15) is 0 Å². The summed E-state index contributed by atoms with van der Waals surface area (Å²) in [7, 11) is 0. The summed E-state index contributed by atoms with van der Waals surface area (Å²) in [5.41, 5.74) is 5.48. The van der Waals surface area contributed by atoms with E-state index in [9.17, 15) is 19.5 Å². The Bertz CT molecular complexity index is 490. The number of nitrogens with two attached hydrogens (primary N) is 1. The van der Waals surface area contributed by atoms with E-state index in [1.54, 1.807) is 37.3 Å². The predicted molar refractivity (Wildman–Crippen MR) is 71.8 cm³/mol. The molecule has 108 valence electrons. The summed E-state index contributed by atoms with van der Waals surface area (Å²) < 4.78 is 0. The Balaban J connectivity index is 2.83. The fourth-order valence-electron chi connectivity index (χ4n) is 1.66. The van der Waals surface area contributed by atoms with Crippen molar-refractivity contribution < 1.29 is 19.5 Å². The third kappa shape index (κ3) is 4.27. The van der Waals surface area contributed by atoms with Gasteiger partial charge in [-0.3, -0.25) is 4.79 Å². The molecule has 0 radical (unpaired) electrons. The highest BCUT2D eigenvalue weighted by atomic mass is 16.4. The first-order valence-electron chi connectivity index (χ1n) is 6.07. The Morgan fingerprint density at radius 1 is 1.30 bits per heavy atom. The second-order valence-electron chi connectivity index (χ2n) is 4.11. The molecule has 0 aliphatic heterocycles. The van der Waals surface area contributed by atoms with Crippen molar-refractivity contribution in [1.82, 2.24) is 10.2 Å². The fraction of sp³-hybridized carbons (Fsp3) is 0.308. The Morgan fingerprint density at radius 3 is 2.35 bits per heavy atom. The van der Waals surface area contributed by atoms with Gasteiger partial charge in [0.05, 0.1) is 0 Å². The molecule has 1 aromatic rings. The molecule has 0 bridgehead atoms. The molecular weight excluding hydrogens is 262 g/mol. The molecule has 1 aromatic carbocycles. The number of urea groups is 1. The molecular formula is C13H17N3O4. The molecule has 7 nitrogen and oxygen atoms in total. The first-order chi connectivity index (χ1) is 9.45. The summed E-state index contributed by atoms with van der Waals surface area (Å²) in [6.07, 6.45) is 0. The Morgan fingerprint density at radius 2 is 1.90 bits per heavy atom. The SMILES string of the molecule is CCN(CC(N)=O)C(=O)N[C@@H](C(=O)O)c1ccccc1. The molecule has 1 atom stereocenters. The minimum Gasteiger partial charge on any atom is -0.479 e. The van der Waals surface area contributed by atoms with Gasteiger partial charge in [-0.1, -0.05) is 30.3 Å². The fourth-order valence-corrected chi connectivity index (χ4v) is 1.66. The number of nitrogens with one attached hydrogen (secondary N) is 1. The van der Waals surface area contributed by atoms with Gasteiger partial charge in [0.15, 0.2) is 6.04 Å². The normalized spacial score (nSPS) is 11.4. The first-order valence-corrected chi connectivity index (χ1v) is 6.07. The van der Waals surface area contributed by atoms with Crippen molar-refractivity contribution >= 4 is 17.9 Å². The minimum absolute atomic E-state index is 0.246. The number of primary amides is 1. The van der Waals surface area contributed by atoms with Crippen LogP contribution in [0.5, 0.6) is 0 Å². The van der Waals surface area contributed by atoms with Crippen molar-refractivity contribution in [2.45, 2.75) is 13.0 Å². The van der Waals surface area contributed by atoms with Crippen LogP contribution in [0.3, 0.4) is 0 Å². The van der Waals surface area contributed by atoms with Gasteiger partial charge >= 0.3 is 12.0 Å². The molecule has 0 saturated heterocycles. The summed E-state index contributed by atoms with van der Waals surface area (Å²) >= 11 is 0. The molecule has 0 unspecified atom stereocenters. The third-order valence-corrected chi connectivity index (χ3v) is 2.66. The summed E-state index contributed by atoms with van der Waals surface area (Å²) in [5.74, 6) is -1.84. The summed E-state index contributed by atoms with van der Waals surface area (Å²) in [5, 5.41) is 11.6. The highest BCUT2D eigenvalue weighted by Gasteiger charge is 2.24. The average molecular weight is 279 g/mol. The zero-order valence-electron chi connectivity index (χ0n) is 11.1. The van der Waals surface area contributed by atoms with Crippen LogP contribution in [0, 0.1) is 0 Å². The molecule has 0 heterocycles. The van der Waals surface area contributed by atoms with Crippen molar-refractivity contribution in [3.05, 3.63) is 35.9 Å². The maximum Gasteiger partial charge on any atom is 0.330 e. The Labute approximate surface area is 116 Å². The molecule has 0 saturated carbocycles. The highest BCUT2D eigenvalue weighted by molar-refractivity contribution is 5.86. The number of rotatable bonds is 6. The van der Waals surface area contributed by atoms with Crippen molar-refractivity contribution in [1.29, 1.82) is 0 Å². The van der Waals surface area contributed by atoms with E-state index in [4.69, 9.17) is 5.73 Å². The molecule has 20 heavy (non-hydrogen) atoms. The lowest BCUT2D eigenvalue weighted by molar-refractivity contribution is -0.139. The Kier molecular flexibility index (Phi) is 5.52. The number of nitrogens with zero attached hydrogens (tertiary/aromatic N) is 1. The number of hydrogen-bond acceptors (Lipinski definition) is 3. The van der Waals surface area contributed by atoms with E-state index in [-0.39, 0.29) is 13.1 Å². The Hall–Kier alpha value is -2.57. The van der Waals surface area contributed by atoms with Gasteiger partial charge in [-0.25, -0.2) is 9.59 Å². The second kappa shape index (κ2) is 7.13. The molecule has 0 aliphatic carbocycles. The van der Waals surface area contributed by atoms with Gasteiger partial charge in [0.2, 0.25) is 5.91 Å². The smallest absolute Gasteiger partial charge is 0.330 e. The maximum atomic E-state index is 11.9. The number of carbonyl (C=O) groups excluding carboxylic acids is 2. The van der Waals surface area contributed by atoms with Crippen LogP contribution in [0.15, 0.2) is 30.3 Å². The minimum atomic E-state index is -1.18. The number of hydrogen-bond donors (Lipinski definition) is 3. The van der Waals surface area contributed by atoms with E-state index in [2.05, 4.69) is 5.32 Å². The zero-order valence-corrected chi connectivity index (χ0v) is 11.1. The lowest BCUT2D eigenvalue weighted by atomic mass is 10.1. The lowest BCUT2D eigenvalue weighted by Crippen LogP contribution is -2.46. The standard InChI is InChI=1S/C13H17N3O4/c1-2-16(8-10(14)17)13(20)15-11(12(18)19)9-6-4-3-5-7-9/h3-7,11H,2,8H2,1H3,(H2,14,17)(H,15,20)(H,18,19)/t11-/m1/s1. The molecule has 1 rings (SSSR count). The molecule has 0 aliphatic rings. The summed E-state index contributed by atoms with van der Waals surface area (Å²) in [4.78, 5) is 35.2. The summed E-state index contributed by atoms with van der Waals surface area (Å²) in [6, 6.07) is 6.48. The molecule has 3 amide bonds. The maximum absolute atomic E-state index is 11.9. The van der Waals surface area contributed by atoms with Crippen LogP contribution >= 0.6 is 0 Å². The van der Waals surface area contributed by atoms with Gasteiger partial charge in [0.1, 0.15) is 6.54 Å². The van der Waals surface area contributed by atoms with Crippen LogP contribution in [-0.2, 0) is 9.59 Å². The van der Waals surface area contributed by atoms with Crippen molar-refractivity contribution in [2.24, 2.45) is 5.73 Å². The van der Waals surface area contributed by atoms with Gasteiger partial charge in [0, 0.05) is 6.54 Å². The van der Waals surface area contributed by atoms with Crippen molar-refractivity contribution in [3.8, 4) is 0 Å². The topological polar surface area (TPSA) is 113 Å². The molecule has 7 heteroatoms. The zero-order chi connectivity index (χ0) is 15.1. The van der Waals surface area contributed by atoms with Gasteiger partial charge < -0.3 is 21.1 Å². The van der Waals surface area contributed by atoms with E-state index in [0.29, 0.717) is 5.56 Å². The molecule has 0 aromatic heterocycles. The van der Waals surface area contributed by atoms with E-state index in [1.807, 2.05) is 0 Å². The average Bonchev–Trinajstić information content (AvgIpc) is 2.42. The van der Waals surface area contributed by atoms with Crippen molar-refractivity contribution in [2.75, 3.05) is 13.1 Å². The van der Waals surface area contributed by atoms with E-state index >= 15 is 0 Å². The first kappa shape index (κ1) is 15.5. The molecule has 0 fully saturated rings. The predicted octanol–water partition coefficient (Wildman–Crippen LogP) is 0.329. The van der Waals surface area contributed by atoms with E-state index in [0.717, 1.165) is 4.90 Å². The number of carbonyl (C=O) groups is 3. The quantitative estimate of drug-likeness (QED) is 0.696. The lowest BCUT2D eigenvalue weighted by Gasteiger charge is -2.22. The van der Waals surface area contributed by atoms with Gasteiger partial charge in [-0.15, -0.1) is 0 Å². The third-order valence-electron chi connectivity index (χ3n) is 2.66. The van der Waals surface area contributed by atoms with Crippen LogP contribution in [-0.4, -0.2) is 41.0 Å².